The molecule has 0 amide bonds. The van der Waals surface area contributed by atoms with Crippen molar-refractivity contribution in [2.45, 2.75) is 52.6 Å². The van der Waals surface area contributed by atoms with Gasteiger partial charge in [0, 0.05) is 0 Å². The molecule has 0 aromatic heterocycles. The van der Waals surface area contributed by atoms with E-state index < -0.39 is 14.2 Å². The van der Waals surface area contributed by atoms with Crippen LogP contribution in [0, 0.1) is 0 Å². The zero-order chi connectivity index (χ0) is 14.4. The van der Waals surface area contributed by atoms with E-state index in [4.69, 9.17) is 18.6 Å². The van der Waals surface area contributed by atoms with E-state index in [0.717, 1.165) is 0 Å². The average molecular weight is 329 g/mol. The summed E-state index contributed by atoms with van der Waals surface area (Å²) < 4.78 is 43.2. The van der Waals surface area contributed by atoms with Crippen molar-refractivity contribution in [2.75, 3.05) is 0 Å². The molecule has 8 heteroatoms. The third-order valence-corrected chi connectivity index (χ3v) is 0. The van der Waals surface area contributed by atoms with Gasteiger partial charge in [-0.2, -0.15) is 0 Å². The minimum absolute atomic E-state index is 0.250. The first-order valence-corrected chi connectivity index (χ1v) is 7.98. The fourth-order valence-corrected chi connectivity index (χ4v) is 0. The summed E-state index contributed by atoms with van der Waals surface area (Å²) in [5.41, 5.74) is 8.04. The van der Waals surface area contributed by atoms with E-state index in [0.29, 0.717) is 0 Å². The van der Waals surface area contributed by atoms with Crippen LogP contribution in [-0.4, -0.2) is 11.1 Å². The summed E-state index contributed by atoms with van der Waals surface area (Å²) in [5, 5.41) is 0. The van der Waals surface area contributed by atoms with Crippen molar-refractivity contribution in [1.29, 1.82) is 0 Å². The van der Waals surface area contributed by atoms with Crippen molar-refractivity contribution >= 4 is 0 Å². The SMILES string of the molecule is CC(C)(C)[NH3+].CC(C)(C)[NH3+].[O]=[Ru](=[O])(=[O])([O-])[O-]. The van der Waals surface area contributed by atoms with Crippen LogP contribution in [-0.2, 0) is 24.9 Å². The van der Waals surface area contributed by atoms with Crippen molar-refractivity contribution in [3.8, 4) is 0 Å². The monoisotopic (exact) mass is 330 g/mol. The summed E-state index contributed by atoms with van der Waals surface area (Å²) in [6.07, 6.45) is 0. The second-order valence-corrected chi connectivity index (χ2v) is 8.61. The van der Waals surface area contributed by atoms with Crippen LogP contribution in [0.5, 0.6) is 0 Å². The Labute approximate surface area is 97.2 Å². The van der Waals surface area contributed by atoms with Crippen molar-refractivity contribution in [1.82, 2.24) is 0 Å². The Morgan fingerprint density at radius 2 is 0.750 bits per heavy atom. The quantitative estimate of drug-likeness (QED) is 0.464. The van der Waals surface area contributed by atoms with Gasteiger partial charge in [-0.3, -0.25) is 0 Å². The summed E-state index contributed by atoms with van der Waals surface area (Å²) in [6, 6.07) is 0. The second-order valence-electron chi connectivity index (χ2n) is 5.71. The van der Waals surface area contributed by atoms with Crippen LogP contribution < -0.4 is 19.3 Å². The van der Waals surface area contributed by atoms with Crippen LogP contribution >= 0.6 is 0 Å². The molecule has 0 radical (unpaired) electrons. The molecule has 6 N–H and O–H groups in total. The van der Waals surface area contributed by atoms with Gasteiger partial charge in [0.2, 0.25) is 0 Å². The van der Waals surface area contributed by atoms with Gasteiger partial charge in [-0.1, -0.05) is 0 Å². The first-order chi connectivity index (χ1) is 6.24. The number of hydrogen-bond acceptors (Lipinski definition) is 5. The van der Waals surface area contributed by atoms with Crippen LogP contribution in [0.4, 0.5) is 0 Å². The molecule has 16 heavy (non-hydrogen) atoms. The van der Waals surface area contributed by atoms with Crippen molar-refractivity contribution in [3.63, 3.8) is 0 Å². The van der Waals surface area contributed by atoms with E-state index in [1.807, 2.05) is 0 Å². The van der Waals surface area contributed by atoms with E-state index in [9.17, 15) is 0 Å². The zero-order valence-electron chi connectivity index (χ0n) is 10.8. The molecule has 0 unspecified atom stereocenters. The van der Waals surface area contributed by atoms with Gasteiger partial charge in [0.15, 0.2) is 0 Å². The van der Waals surface area contributed by atoms with Crippen LogP contribution in [0.1, 0.15) is 41.5 Å². The summed E-state index contributed by atoms with van der Waals surface area (Å²) in [4.78, 5) is 0. The molecule has 0 bridgehead atoms. The van der Waals surface area contributed by atoms with E-state index in [1.54, 1.807) is 0 Å². The molecule has 0 aliphatic carbocycles. The normalized spacial score (nSPS) is 14.5. The van der Waals surface area contributed by atoms with Crippen LogP contribution in [0.15, 0.2) is 0 Å². The fraction of sp³-hybridized carbons (Fsp3) is 1.00. The summed E-state index contributed by atoms with van der Waals surface area (Å²) >= 11 is -7.72. The molecule has 0 heterocycles. The van der Waals surface area contributed by atoms with Gasteiger partial charge in [-0.05, 0) is 41.5 Å². The van der Waals surface area contributed by atoms with Gasteiger partial charge in [0.25, 0.3) is 0 Å². The van der Waals surface area contributed by atoms with Crippen LogP contribution in [0.25, 0.3) is 0 Å². The Kier molecular flexibility index (Phi) is 7.91. The average Bonchev–Trinajstić information content (AvgIpc) is 1.37. The van der Waals surface area contributed by atoms with E-state index >= 15 is 0 Å². The number of hydrogen-bond donors (Lipinski definition) is 2. The third kappa shape index (κ3) is 123000. The van der Waals surface area contributed by atoms with Crippen molar-refractivity contribution < 1.29 is 44.2 Å². The van der Waals surface area contributed by atoms with Crippen molar-refractivity contribution in [2.24, 2.45) is 0 Å². The number of quaternary nitrogens is 2. The molecule has 0 aromatic rings. The van der Waals surface area contributed by atoms with E-state index in [2.05, 4.69) is 53.0 Å². The summed E-state index contributed by atoms with van der Waals surface area (Å²) in [7, 11) is 0. The standard InChI is InChI=1S/2C4H11N.5O.Ru/c2*1-4(2,3)5;;;;;;/h2*5H2,1-3H3;;;;;;/q;;;;;2*-1;/p+2. The van der Waals surface area contributed by atoms with Gasteiger partial charge >= 0.3 is 32.8 Å². The first kappa shape index (κ1) is 21.2. The number of rotatable bonds is 0. The van der Waals surface area contributed by atoms with Gasteiger partial charge in [0.05, 0.1) is 11.1 Å². The van der Waals surface area contributed by atoms with Crippen LogP contribution in [0.2, 0.25) is 0 Å². The summed E-state index contributed by atoms with van der Waals surface area (Å²) in [6.45, 7) is 12.5. The molecular weight excluding hydrogens is 305 g/mol. The molecule has 0 spiro atoms. The van der Waals surface area contributed by atoms with Crippen molar-refractivity contribution in [3.05, 3.63) is 0 Å². The molecule has 0 aliphatic rings. The molecule has 0 aliphatic heterocycles. The van der Waals surface area contributed by atoms with Gasteiger partial charge in [0.1, 0.15) is 0 Å². The van der Waals surface area contributed by atoms with E-state index in [-0.39, 0.29) is 11.1 Å². The molecule has 0 saturated heterocycles. The Morgan fingerprint density at radius 1 is 0.750 bits per heavy atom. The topological polar surface area (TPSA) is 153 Å². The van der Waals surface area contributed by atoms with Crippen LogP contribution in [0.3, 0.4) is 0 Å². The Morgan fingerprint density at radius 3 is 0.750 bits per heavy atom. The van der Waals surface area contributed by atoms with Gasteiger partial charge in [-0.15, -0.1) is 0 Å². The maximum atomic E-state index is 8.64. The molecule has 7 nitrogen and oxygen atoms in total. The Bertz CT molecular complexity index is 318. The molecule has 0 rings (SSSR count). The Balaban J connectivity index is -0.000000160. The maximum absolute atomic E-state index is 8.64. The fourth-order valence-electron chi connectivity index (χ4n) is 0. The third-order valence-electron chi connectivity index (χ3n) is 0. The molecule has 0 fully saturated rings. The molecular formula is C8H24N2O5Ru. The van der Waals surface area contributed by atoms with Gasteiger partial charge < -0.3 is 11.5 Å². The second kappa shape index (κ2) is 5.98. The van der Waals surface area contributed by atoms with E-state index in [1.165, 1.54) is 0 Å². The molecule has 0 atom stereocenters. The predicted octanol–water partition coefficient (Wildman–Crippen LogP) is -2.68. The zero-order valence-corrected chi connectivity index (χ0v) is 12.5. The molecule has 0 saturated carbocycles. The van der Waals surface area contributed by atoms with Gasteiger partial charge in [-0.25, -0.2) is 0 Å². The summed E-state index contributed by atoms with van der Waals surface area (Å²) in [5.74, 6) is 0. The predicted molar refractivity (Wildman–Crippen MR) is 47.3 cm³/mol. The molecule has 104 valence electrons. The molecule has 0 aromatic carbocycles. The minimum atomic E-state index is -7.72. The first-order valence-electron chi connectivity index (χ1n) is 4.43. The Hall–Kier alpha value is -0.137.